The van der Waals surface area contributed by atoms with Gasteiger partial charge >= 0.3 is 5.97 Å². The highest BCUT2D eigenvalue weighted by Crippen LogP contribution is 2.32. The van der Waals surface area contributed by atoms with Gasteiger partial charge in [0, 0.05) is 12.1 Å². The number of carbonyl (C=O) groups excluding carboxylic acids is 2. The van der Waals surface area contributed by atoms with E-state index in [9.17, 15) is 9.59 Å². The second-order valence-corrected chi connectivity index (χ2v) is 6.07. The minimum Gasteiger partial charge on any atom is -0.454 e. The Bertz CT molecular complexity index is 605. The van der Waals surface area contributed by atoms with Crippen LogP contribution in [-0.2, 0) is 9.53 Å². The smallest absolute Gasteiger partial charge is 0.338 e. The Kier molecular flexibility index (Phi) is 4.41. The Morgan fingerprint density at radius 2 is 1.87 bits per heavy atom. The monoisotopic (exact) mass is 319 g/mol. The highest BCUT2D eigenvalue weighted by molar-refractivity contribution is 5.92. The highest BCUT2D eigenvalue weighted by Gasteiger charge is 2.29. The van der Waals surface area contributed by atoms with Crippen LogP contribution < -0.4 is 9.47 Å². The number of carbonyl (C=O) groups is 2. The zero-order chi connectivity index (χ0) is 16.4. The number of piperidine rings is 1. The van der Waals surface area contributed by atoms with Gasteiger partial charge in [0.25, 0.3) is 5.91 Å². The molecule has 23 heavy (non-hydrogen) atoms. The predicted molar refractivity (Wildman–Crippen MR) is 82.5 cm³/mol. The van der Waals surface area contributed by atoms with Gasteiger partial charge in [-0.2, -0.15) is 0 Å². The van der Waals surface area contributed by atoms with Gasteiger partial charge in [0.05, 0.1) is 5.56 Å². The van der Waals surface area contributed by atoms with Gasteiger partial charge in [-0.1, -0.05) is 0 Å². The lowest BCUT2D eigenvalue weighted by atomic mass is 9.97. The molecule has 0 radical (unpaired) electrons. The first-order valence-corrected chi connectivity index (χ1v) is 7.94. The summed E-state index contributed by atoms with van der Waals surface area (Å²) in [6, 6.07) is 5.22. The van der Waals surface area contributed by atoms with E-state index in [0.717, 1.165) is 19.3 Å². The second kappa shape index (κ2) is 6.48. The number of benzene rings is 1. The van der Waals surface area contributed by atoms with Crippen LogP contribution in [0.15, 0.2) is 18.2 Å². The lowest BCUT2D eigenvalue weighted by molar-refractivity contribution is -0.140. The fourth-order valence-electron chi connectivity index (χ4n) is 3.22. The number of rotatable bonds is 3. The zero-order valence-corrected chi connectivity index (χ0v) is 13.4. The molecule has 124 valence electrons. The third-order valence-electron chi connectivity index (χ3n) is 4.42. The first-order chi connectivity index (χ1) is 11.1. The van der Waals surface area contributed by atoms with E-state index in [0.29, 0.717) is 17.1 Å². The normalized spacial score (nSPS) is 22.8. The number of fused-ring (bicyclic) bond motifs is 1. The van der Waals surface area contributed by atoms with Crippen LogP contribution >= 0.6 is 0 Å². The van der Waals surface area contributed by atoms with E-state index in [2.05, 4.69) is 0 Å². The molecule has 1 aromatic rings. The molecule has 0 spiro atoms. The van der Waals surface area contributed by atoms with Crippen molar-refractivity contribution in [3.63, 3.8) is 0 Å². The summed E-state index contributed by atoms with van der Waals surface area (Å²) < 4.78 is 15.6. The van der Waals surface area contributed by atoms with Crippen LogP contribution in [0.3, 0.4) is 0 Å². The SMILES string of the molecule is C[C@H]1CCC[C@H](C)N1C(=O)COC(=O)c1ccc2c(c1)OCO2. The molecule has 0 aliphatic carbocycles. The van der Waals surface area contributed by atoms with Gasteiger partial charge in [-0.05, 0) is 51.3 Å². The molecule has 1 aromatic carbocycles. The van der Waals surface area contributed by atoms with Crippen LogP contribution in [-0.4, -0.2) is 42.3 Å². The molecule has 0 N–H and O–H groups in total. The first-order valence-electron chi connectivity index (χ1n) is 7.94. The average Bonchev–Trinajstić information content (AvgIpc) is 3.00. The van der Waals surface area contributed by atoms with Gasteiger partial charge in [0.2, 0.25) is 6.79 Å². The van der Waals surface area contributed by atoms with Crippen molar-refractivity contribution < 1.29 is 23.8 Å². The summed E-state index contributed by atoms with van der Waals surface area (Å²) in [6.45, 7) is 3.99. The molecule has 6 heteroatoms. The Morgan fingerprint density at radius 3 is 2.61 bits per heavy atom. The number of likely N-dealkylation sites (tertiary alicyclic amines) is 1. The molecular weight excluding hydrogens is 298 g/mol. The van der Waals surface area contributed by atoms with Crippen LogP contribution in [0.1, 0.15) is 43.5 Å². The van der Waals surface area contributed by atoms with Gasteiger partial charge < -0.3 is 19.1 Å². The summed E-state index contributed by atoms with van der Waals surface area (Å²) in [6.07, 6.45) is 3.11. The van der Waals surface area contributed by atoms with E-state index in [1.807, 2.05) is 18.7 Å². The summed E-state index contributed by atoms with van der Waals surface area (Å²) >= 11 is 0. The first kappa shape index (κ1) is 15.6. The minimum atomic E-state index is -0.533. The third kappa shape index (κ3) is 3.25. The van der Waals surface area contributed by atoms with Crippen molar-refractivity contribution >= 4 is 11.9 Å². The van der Waals surface area contributed by atoms with Crippen molar-refractivity contribution in [3.05, 3.63) is 23.8 Å². The molecule has 3 rings (SSSR count). The van der Waals surface area contributed by atoms with E-state index in [4.69, 9.17) is 14.2 Å². The van der Waals surface area contributed by atoms with Gasteiger partial charge in [-0.3, -0.25) is 4.79 Å². The molecule has 2 atom stereocenters. The summed E-state index contributed by atoms with van der Waals surface area (Å²) in [5.74, 6) is 0.449. The lowest BCUT2D eigenvalue weighted by Gasteiger charge is -2.38. The van der Waals surface area contributed by atoms with Gasteiger partial charge in [-0.25, -0.2) is 4.79 Å². The number of hydrogen-bond donors (Lipinski definition) is 0. The van der Waals surface area contributed by atoms with Crippen molar-refractivity contribution in [1.29, 1.82) is 0 Å². The van der Waals surface area contributed by atoms with Gasteiger partial charge in [0.1, 0.15) is 0 Å². The molecule has 0 saturated carbocycles. The van der Waals surface area contributed by atoms with E-state index in [1.54, 1.807) is 18.2 Å². The van der Waals surface area contributed by atoms with Crippen molar-refractivity contribution in [3.8, 4) is 11.5 Å². The topological polar surface area (TPSA) is 65.1 Å². The maximum absolute atomic E-state index is 12.3. The Morgan fingerprint density at radius 1 is 1.17 bits per heavy atom. The molecule has 1 fully saturated rings. The lowest BCUT2D eigenvalue weighted by Crippen LogP contribution is -2.49. The van der Waals surface area contributed by atoms with E-state index < -0.39 is 5.97 Å². The van der Waals surface area contributed by atoms with Crippen molar-refractivity contribution in [2.45, 2.75) is 45.2 Å². The molecule has 1 saturated heterocycles. The molecule has 0 aromatic heterocycles. The number of esters is 1. The van der Waals surface area contributed by atoms with Crippen LogP contribution in [0, 0.1) is 0 Å². The van der Waals surface area contributed by atoms with Crippen LogP contribution in [0.25, 0.3) is 0 Å². The summed E-state index contributed by atoms with van der Waals surface area (Å²) in [7, 11) is 0. The molecule has 2 aliphatic heterocycles. The molecule has 2 aliphatic rings. The predicted octanol–water partition coefficient (Wildman–Crippen LogP) is 2.36. The van der Waals surface area contributed by atoms with Gasteiger partial charge in [-0.15, -0.1) is 0 Å². The van der Waals surface area contributed by atoms with Crippen LogP contribution in [0.5, 0.6) is 11.5 Å². The molecule has 0 unspecified atom stereocenters. The van der Waals surface area contributed by atoms with E-state index in [1.165, 1.54) is 0 Å². The minimum absolute atomic E-state index is 0.140. The third-order valence-corrected chi connectivity index (χ3v) is 4.42. The largest absolute Gasteiger partial charge is 0.454 e. The zero-order valence-electron chi connectivity index (χ0n) is 13.4. The highest BCUT2D eigenvalue weighted by atomic mass is 16.7. The number of amides is 1. The molecule has 2 heterocycles. The Hall–Kier alpha value is -2.24. The fourth-order valence-corrected chi connectivity index (χ4v) is 3.22. The molecular formula is C17H21NO5. The fraction of sp³-hybridized carbons (Fsp3) is 0.529. The van der Waals surface area contributed by atoms with Gasteiger partial charge in [0.15, 0.2) is 18.1 Å². The maximum atomic E-state index is 12.3. The van der Waals surface area contributed by atoms with Crippen molar-refractivity contribution in [2.75, 3.05) is 13.4 Å². The standard InChI is InChI=1S/C17H21NO5/c1-11-4-3-5-12(2)18(11)16(19)9-21-17(20)13-6-7-14-15(8-13)23-10-22-14/h6-8,11-12H,3-5,9-10H2,1-2H3/t11-,12-/m0/s1. The number of ether oxygens (including phenoxy) is 3. The van der Waals surface area contributed by atoms with E-state index in [-0.39, 0.29) is 31.4 Å². The molecule has 1 amide bonds. The summed E-state index contributed by atoms with van der Waals surface area (Å²) in [4.78, 5) is 26.3. The quantitative estimate of drug-likeness (QED) is 0.800. The average molecular weight is 319 g/mol. The van der Waals surface area contributed by atoms with Crippen molar-refractivity contribution in [2.24, 2.45) is 0 Å². The number of nitrogens with zero attached hydrogens (tertiary/aromatic N) is 1. The molecule has 0 bridgehead atoms. The van der Waals surface area contributed by atoms with Crippen LogP contribution in [0.4, 0.5) is 0 Å². The summed E-state index contributed by atoms with van der Waals surface area (Å²) in [5.41, 5.74) is 0.349. The van der Waals surface area contributed by atoms with E-state index >= 15 is 0 Å². The second-order valence-electron chi connectivity index (χ2n) is 6.07. The van der Waals surface area contributed by atoms with Crippen molar-refractivity contribution in [1.82, 2.24) is 4.90 Å². The number of hydrogen-bond acceptors (Lipinski definition) is 5. The Labute approximate surface area is 135 Å². The molecule has 6 nitrogen and oxygen atoms in total. The maximum Gasteiger partial charge on any atom is 0.338 e. The van der Waals surface area contributed by atoms with Crippen LogP contribution in [0.2, 0.25) is 0 Å². The summed E-state index contributed by atoms with van der Waals surface area (Å²) in [5, 5.41) is 0. The Balaban J connectivity index is 1.59.